The lowest BCUT2D eigenvalue weighted by Crippen LogP contribution is -2.39. The Hall–Kier alpha value is -3.56. The Balaban J connectivity index is 1.86. The van der Waals surface area contributed by atoms with E-state index in [-0.39, 0.29) is 43.2 Å². The lowest BCUT2D eigenvalue weighted by molar-refractivity contribution is -0.207. The number of aliphatic hydroxyl groups excluding tert-OH is 1. The highest BCUT2D eigenvalue weighted by molar-refractivity contribution is 6.30. The summed E-state index contributed by atoms with van der Waals surface area (Å²) < 4.78 is 85.3. The minimum absolute atomic E-state index is 0.0675. The molecule has 1 unspecified atom stereocenters. The summed E-state index contributed by atoms with van der Waals surface area (Å²) in [6.45, 7) is 0.0258. The number of amides is 1. The molecule has 0 bridgehead atoms. The summed E-state index contributed by atoms with van der Waals surface area (Å²) in [6.07, 6.45) is -13.3. The maximum absolute atomic E-state index is 13.3. The molecule has 1 aromatic heterocycles. The van der Waals surface area contributed by atoms with Gasteiger partial charge in [-0.3, -0.25) is 4.57 Å². The lowest BCUT2D eigenvalue weighted by Gasteiger charge is -2.21. The Morgan fingerprint density at radius 2 is 1.80 bits per heavy atom. The number of benzene rings is 2. The highest BCUT2D eigenvalue weighted by Gasteiger charge is 2.39. The largest absolute Gasteiger partial charge is 0.450 e. The molecular formula is C25H26ClF6N5O4. The number of aromatic nitrogens is 3. The van der Waals surface area contributed by atoms with E-state index in [0.717, 1.165) is 16.8 Å². The van der Waals surface area contributed by atoms with Crippen LogP contribution in [0.4, 0.5) is 31.1 Å². The van der Waals surface area contributed by atoms with E-state index in [2.05, 4.69) is 15.7 Å². The molecule has 0 saturated heterocycles. The lowest BCUT2D eigenvalue weighted by atomic mass is 10.0. The number of carbonyl (C=O) groups is 1. The zero-order valence-corrected chi connectivity index (χ0v) is 22.2. The van der Waals surface area contributed by atoms with Crippen LogP contribution in [0.25, 0.3) is 11.4 Å². The van der Waals surface area contributed by atoms with Crippen molar-refractivity contribution in [2.24, 2.45) is 0 Å². The number of ether oxygens (including phenoxy) is 1. The molecule has 224 valence electrons. The smallest absolute Gasteiger partial charge is 0.416 e. The third-order valence-electron chi connectivity index (χ3n) is 5.82. The Labute approximate surface area is 234 Å². The number of hydrogen-bond donors (Lipinski definition) is 3. The molecule has 2 atom stereocenters. The second kappa shape index (κ2) is 13.4. The van der Waals surface area contributed by atoms with Crippen LogP contribution >= 0.6 is 11.6 Å². The number of hydrogen-bond acceptors (Lipinski definition) is 6. The monoisotopic (exact) mass is 609 g/mol. The van der Waals surface area contributed by atoms with Gasteiger partial charge in [0.15, 0.2) is 11.9 Å². The molecule has 9 nitrogen and oxygen atoms in total. The van der Waals surface area contributed by atoms with Gasteiger partial charge in [0.2, 0.25) is 0 Å². The van der Waals surface area contributed by atoms with E-state index in [1.54, 1.807) is 6.92 Å². The van der Waals surface area contributed by atoms with E-state index in [1.165, 1.54) is 36.4 Å². The predicted octanol–water partition coefficient (Wildman–Crippen LogP) is 4.38. The van der Waals surface area contributed by atoms with Crippen molar-refractivity contribution in [2.45, 2.75) is 44.5 Å². The van der Waals surface area contributed by atoms with Crippen molar-refractivity contribution in [3.8, 4) is 11.4 Å². The zero-order valence-electron chi connectivity index (χ0n) is 21.5. The van der Waals surface area contributed by atoms with Gasteiger partial charge in [0.25, 0.3) is 0 Å². The van der Waals surface area contributed by atoms with E-state index in [9.17, 15) is 41.0 Å². The molecule has 0 aliphatic rings. The number of rotatable bonds is 11. The fourth-order valence-electron chi connectivity index (χ4n) is 3.79. The van der Waals surface area contributed by atoms with Crippen LogP contribution < -0.4 is 16.3 Å². The minimum Gasteiger partial charge on any atom is -0.450 e. The Kier molecular flexibility index (Phi) is 10.4. The average molecular weight is 610 g/mol. The summed E-state index contributed by atoms with van der Waals surface area (Å²) >= 11 is 5.88. The molecule has 3 rings (SSSR count). The van der Waals surface area contributed by atoms with Crippen molar-refractivity contribution in [2.75, 3.05) is 19.7 Å². The van der Waals surface area contributed by atoms with Crippen LogP contribution in [0, 0.1) is 0 Å². The Bertz CT molecular complexity index is 1370. The van der Waals surface area contributed by atoms with Gasteiger partial charge in [0.1, 0.15) is 0 Å². The molecule has 0 aliphatic heterocycles. The predicted molar refractivity (Wildman–Crippen MR) is 136 cm³/mol. The second-order valence-corrected chi connectivity index (χ2v) is 9.17. The highest BCUT2D eigenvalue weighted by atomic mass is 35.5. The van der Waals surface area contributed by atoms with Crippen molar-refractivity contribution in [1.82, 2.24) is 25.0 Å². The number of nitrogens with zero attached hydrogens (tertiary/aromatic N) is 3. The van der Waals surface area contributed by atoms with Crippen molar-refractivity contribution >= 4 is 17.7 Å². The van der Waals surface area contributed by atoms with Crippen molar-refractivity contribution in [1.29, 1.82) is 0 Å². The summed E-state index contributed by atoms with van der Waals surface area (Å²) in [4.78, 5) is 24.8. The van der Waals surface area contributed by atoms with Crippen LogP contribution in [0.5, 0.6) is 0 Å². The molecule has 1 amide bonds. The molecule has 16 heteroatoms. The van der Waals surface area contributed by atoms with Gasteiger partial charge in [-0.1, -0.05) is 23.7 Å². The Morgan fingerprint density at radius 3 is 2.41 bits per heavy atom. The molecule has 0 fully saturated rings. The van der Waals surface area contributed by atoms with Crippen molar-refractivity contribution < 1.29 is 41.0 Å². The maximum Gasteiger partial charge on any atom is 0.416 e. The van der Waals surface area contributed by atoms with Crippen molar-refractivity contribution in [3.63, 3.8) is 0 Å². The number of alkyl halides is 6. The van der Waals surface area contributed by atoms with E-state index in [1.807, 2.05) is 0 Å². The van der Waals surface area contributed by atoms with Crippen LogP contribution in [0.2, 0.25) is 5.02 Å². The van der Waals surface area contributed by atoms with Gasteiger partial charge in [-0.25, -0.2) is 14.3 Å². The summed E-state index contributed by atoms with van der Waals surface area (Å²) in [6, 6.07) is 9.31. The minimum atomic E-state index is -5.00. The summed E-state index contributed by atoms with van der Waals surface area (Å²) in [5, 5.41) is 19.4. The summed E-state index contributed by atoms with van der Waals surface area (Å²) in [5.74, 6) is -0.159. The van der Waals surface area contributed by atoms with Crippen LogP contribution in [0.15, 0.2) is 53.3 Å². The number of carbonyl (C=O) groups excluding carboxylic acids is 1. The number of halogens is 7. The average Bonchev–Trinajstić information content (AvgIpc) is 3.20. The highest BCUT2D eigenvalue weighted by Crippen LogP contribution is 2.31. The SMILES string of the molecule is CCOC(=O)NCC(NCCn1nc(-c2ccc(Cl)cc2)n(C[C@H](O)C(F)(F)F)c1=O)c1cccc(C(F)(F)F)c1. The van der Waals surface area contributed by atoms with Crippen LogP contribution in [-0.2, 0) is 24.0 Å². The van der Waals surface area contributed by atoms with E-state index >= 15 is 0 Å². The molecular weight excluding hydrogens is 584 g/mol. The molecule has 41 heavy (non-hydrogen) atoms. The molecule has 1 heterocycles. The van der Waals surface area contributed by atoms with Gasteiger partial charge in [-0.2, -0.15) is 26.3 Å². The van der Waals surface area contributed by atoms with Gasteiger partial charge in [0, 0.05) is 29.7 Å². The fraction of sp³-hybridized carbons (Fsp3) is 0.400. The van der Waals surface area contributed by atoms with Gasteiger partial charge < -0.3 is 20.5 Å². The van der Waals surface area contributed by atoms with E-state index < -0.39 is 48.4 Å². The number of nitrogens with one attached hydrogen (secondary N) is 2. The van der Waals surface area contributed by atoms with Crippen LogP contribution in [0.3, 0.4) is 0 Å². The van der Waals surface area contributed by atoms with E-state index in [0.29, 0.717) is 9.59 Å². The summed E-state index contributed by atoms with van der Waals surface area (Å²) in [7, 11) is 0. The van der Waals surface area contributed by atoms with E-state index in [4.69, 9.17) is 16.3 Å². The zero-order chi connectivity index (χ0) is 30.4. The Morgan fingerprint density at radius 1 is 1.12 bits per heavy atom. The van der Waals surface area contributed by atoms with Gasteiger partial charge in [-0.15, -0.1) is 5.10 Å². The maximum atomic E-state index is 13.3. The third-order valence-corrected chi connectivity index (χ3v) is 6.07. The molecule has 0 spiro atoms. The quantitative estimate of drug-likeness (QED) is 0.278. The first-order valence-electron chi connectivity index (χ1n) is 12.2. The first kappa shape index (κ1) is 32.0. The fourth-order valence-corrected chi connectivity index (χ4v) is 3.92. The second-order valence-electron chi connectivity index (χ2n) is 8.74. The summed E-state index contributed by atoms with van der Waals surface area (Å²) in [5.41, 5.74) is -1.44. The van der Waals surface area contributed by atoms with Gasteiger partial charge >= 0.3 is 24.1 Å². The number of alkyl carbamates (subject to hydrolysis) is 1. The van der Waals surface area contributed by atoms with Crippen LogP contribution in [0.1, 0.15) is 24.1 Å². The van der Waals surface area contributed by atoms with Crippen LogP contribution in [-0.4, -0.2) is 57.5 Å². The molecule has 2 aromatic carbocycles. The van der Waals surface area contributed by atoms with Crippen molar-refractivity contribution in [3.05, 3.63) is 75.2 Å². The molecule has 0 aliphatic carbocycles. The third kappa shape index (κ3) is 8.71. The molecule has 0 radical (unpaired) electrons. The topological polar surface area (TPSA) is 110 Å². The molecule has 3 N–H and O–H groups in total. The number of aliphatic hydroxyl groups is 1. The molecule has 0 saturated carbocycles. The standard InChI is InChI=1S/C25H26ClF6N5O4/c1-2-41-22(39)34-13-19(16-4-3-5-17(12-16)24(27,28)29)33-10-11-37-23(40)36(14-20(38)25(30,31)32)21(35-37)15-6-8-18(26)9-7-15/h3-9,12,19-20,33,38H,2,10-11,13-14H2,1H3,(H,34,39)/t19?,20-/m0/s1. The molecule has 3 aromatic rings. The van der Waals surface area contributed by atoms with Gasteiger partial charge in [-0.05, 0) is 48.9 Å². The first-order chi connectivity index (χ1) is 19.2. The normalized spacial score (nSPS) is 13.6. The first-order valence-corrected chi connectivity index (χ1v) is 12.6. The van der Waals surface area contributed by atoms with Gasteiger partial charge in [0.05, 0.1) is 25.3 Å².